The summed E-state index contributed by atoms with van der Waals surface area (Å²) in [5.41, 5.74) is 1.48. The number of thiocarbonyl (C=S) groups is 1. The van der Waals surface area contributed by atoms with Gasteiger partial charge in [0.2, 0.25) is 0 Å². The topological polar surface area (TPSA) is 29.5 Å². The molecule has 0 bridgehead atoms. The molecule has 0 radical (unpaired) electrons. The number of benzene rings is 2. The molecule has 25 heavy (non-hydrogen) atoms. The summed E-state index contributed by atoms with van der Waals surface area (Å²) in [6.07, 6.45) is 3.47. The molecule has 0 aromatic heterocycles. The molecule has 1 heterocycles. The van der Waals surface area contributed by atoms with Crippen LogP contribution < -0.4 is 9.64 Å². The lowest BCUT2D eigenvalue weighted by atomic mass is 10.2. The Balaban J connectivity index is 1.92. The number of hydrogen-bond donors (Lipinski definition) is 0. The molecule has 1 saturated heterocycles. The number of carbonyl (C=O) groups excluding carboxylic acids is 1. The van der Waals surface area contributed by atoms with E-state index in [0.29, 0.717) is 32.3 Å². The van der Waals surface area contributed by atoms with Crippen LogP contribution in [0.15, 0.2) is 66.1 Å². The quantitative estimate of drug-likeness (QED) is 0.395. The van der Waals surface area contributed by atoms with Crippen molar-refractivity contribution >= 4 is 57.6 Å². The average Bonchev–Trinajstić information content (AvgIpc) is 2.88. The van der Waals surface area contributed by atoms with Crippen molar-refractivity contribution in [2.45, 2.75) is 0 Å². The van der Waals surface area contributed by atoms with Crippen molar-refractivity contribution in [3.05, 3.63) is 76.7 Å². The zero-order valence-electron chi connectivity index (χ0n) is 13.1. The molecule has 1 fully saturated rings. The fraction of sp³-hybridized carbons (Fsp3) is 0.0526. The van der Waals surface area contributed by atoms with E-state index in [0.717, 1.165) is 5.56 Å². The zero-order chi connectivity index (χ0) is 17.8. The first-order valence-electron chi connectivity index (χ1n) is 7.46. The first-order valence-corrected chi connectivity index (χ1v) is 9.06. The van der Waals surface area contributed by atoms with Crippen LogP contribution in [0.25, 0.3) is 6.08 Å². The second-order valence-corrected chi connectivity index (χ2v) is 7.25. The van der Waals surface area contributed by atoms with E-state index in [9.17, 15) is 4.79 Å². The first kappa shape index (κ1) is 17.7. The highest BCUT2D eigenvalue weighted by Crippen LogP contribution is 2.37. The van der Waals surface area contributed by atoms with Gasteiger partial charge in [0.15, 0.2) is 4.32 Å². The van der Waals surface area contributed by atoms with Crippen LogP contribution >= 0.6 is 35.6 Å². The monoisotopic (exact) mass is 387 g/mol. The molecule has 1 amide bonds. The number of para-hydroxylation sites is 1. The summed E-state index contributed by atoms with van der Waals surface area (Å²) in [5.74, 6) is 0.520. The van der Waals surface area contributed by atoms with Crippen LogP contribution in [0.4, 0.5) is 5.69 Å². The minimum Gasteiger partial charge on any atom is -0.489 e. The standard InChI is InChI=1S/C19H14ClNO2S2/c1-2-10-23-16-9-4-3-6-13(16)11-17-18(22)21(19(24)25-17)15-8-5-7-14(20)12-15/h2-9,11-12H,1,10H2/b17-11+. The molecule has 6 heteroatoms. The highest BCUT2D eigenvalue weighted by atomic mass is 35.5. The van der Waals surface area contributed by atoms with Gasteiger partial charge in [-0.2, -0.15) is 0 Å². The Hall–Kier alpha value is -2.08. The second-order valence-electron chi connectivity index (χ2n) is 5.13. The molecule has 3 nitrogen and oxygen atoms in total. The number of halogens is 1. The third kappa shape index (κ3) is 3.95. The number of anilines is 1. The highest BCUT2D eigenvalue weighted by Gasteiger charge is 2.33. The van der Waals surface area contributed by atoms with Gasteiger partial charge in [-0.15, -0.1) is 0 Å². The summed E-state index contributed by atoms with van der Waals surface area (Å²) >= 11 is 12.7. The predicted octanol–water partition coefficient (Wildman–Crippen LogP) is 5.31. The minimum absolute atomic E-state index is 0.171. The van der Waals surface area contributed by atoms with Crippen molar-refractivity contribution in [3.63, 3.8) is 0 Å². The Morgan fingerprint density at radius 1 is 1.24 bits per heavy atom. The molecule has 1 aliphatic rings. The summed E-state index contributed by atoms with van der Waals surface area (Å²) in [5, 5.41) is 0.554. The number of rotatable bonds is 5. The highest BCUT2D eigenvalue weighted by molar-refractivity contribution is 8.27. The van der Waals surface area contributed by atoms with Crippen LogP contribution in [-0.4, -0.2) is 16.8 Å². The van der Waals surface area contributed by atoms with Gasteiger partial charge >= 0.3 is 0 Å². The first-order chi connectivity index (χ1) is 12.1. The summed E-state index contributed by atoms with van der Waals surface area (Å²) in [4.78, 5) is 14.8. The lowest BCUT2D eigenvalue weighted by Gasteiger charge is -2.14. The third-order valence-corrected chi connectivity index (χ3v) is 4.96. The SMILES string of the molecule is C=CCOc1ccccc1/C=C1/SC(=S)N(c2cccc(Cl)c2)C1=O. The largest absolute Gasteiger partial charge is 0.489 e. The predicted molar refractivity (Wildman–Crippen MR) is 109 cm³/mol. The number of hydrogen-bond acceptors (Lipinski definition) is 4. The molecule has 2 aromatic rings. The van der Waals surface area contributed by atoms with Crippen molar-refractivity contribution < 1.29 is 9.53 Å². The fourth-order valence-electron chi connectivity index (χ4n) is 2.33. The van der Waals surface area contributed by atoms with E-state index in [4.69, 9.17) is 28.6 Å². The van der Waals surface area contributed by atoms with Gasteiger partial charge in [-0.3, -0.25) is 9.69 Å². The third-order valence-electron chi connectivity index (χ3n) is 3.42. The summed E-state index contributed by atoms with van der Waals surface area (Å²) < 4.78 is 6.11. The number of amides is 1. The molecule has 0 unspecified atom stereocenters. The lowest BCUT2D eigenvalue weighted by Crippen LogP contribution is -2.27. The van der Waals surface area contributed by atoms with Crippen molar-refractivity contribution in [2.24, 2.45) is 0 Å². The summed E-state index contributed by atoms with van der Waals surface area (Å²) in [7, 11) is 0. The van der Waals surface area contributed by atoms with E-state index in [1.807, 2.05) is 24.3 Å². The zero-order valence-corrected chi connectivity index (χ0v) is 15.5. The Labute approximate surface area is 160 Å². The van der Waals surface area contributed by atoms with E-state index in [1.165, 1.54) is 16.7 Å². The van der Waals surface area contributed by atoms with Crippen molar-refractivity contribution in [1.82, 2.24) is 0 Å². The van der Waals surface area contributed by atoms with Crippen molar-refractivity contribution in [2.75, 3.05) is 11.5 Å². The Kier molecular flexibility index (Phi) is 5.58. The minimum atomic E-state index is -0.171. The smallest absolute Gasteiger partial charge is 0.270 e. The number of carbonyl (C=O) groups is 1. The van der Waals surface area contributed by atoms with E-state index < -0.39 is 0 Å². The maximum Gasteiger partial charge on any atom is 0.270 e. The molecule has 0 aliphatic carbocycles. The molecule has 0 atom stereocenters. The molecule has 0 N–H and O–H groups in total. The van der Waals surface area contributed by atoms with Crippen LogP contribution in [0.5, 0.6) is 5.75 Å². The second kappa shape index (κ2) is 7.87. The van der Waals surface area contributed by atoms with E-state index in [2.05, 4.69) is 6.58 Å². The molecule has 0 saturated carbocycles. The Bertz CT molecular complexity index is 879. The Morgan fingerprint density at radius 2 is 2.04 bits per heavy atom. The average molecular weight is 388 g/mol. The van der Waals surface area contributed by atoms with Gasteiger partial charge in [-0.25, -0.2) is 0 Å². The lowest BCUT2D eigenvalue weighted by molar-refractivity contribution is -0.113. The molecular weight excluding hydrogens is 374 g/mol. The molecule has 126 valence electrons. The maximum atomic E-state index is 12.8. The van der Waals surface area contributed by atoms with Gasteiger partial charge in [0.25, 0.3) is 5.91 Å². The van der Waals surface area contributed by atoms with Gasteiger partial charge in [-0.05, 0) is 30.3 Å². The summed E-state index contributed by atoms with van der Waals surface area (Å²) in [6.45, 7) is 4.05. The fourth-order valence-corrected chi connectivity index (χ4v) is 3.80. The van der Waals surface area contributed by atoms with Crippen LogP contribution in [0.2, 0.25) is 5.02 Å². The molecule has 1 aliphatic heterocycles. The maximum absolute atomic E-state index is 12.8. The van der Waals surface area contributed by atoms with Crippen LogP contribution in [0.1, 0.15) is 5.56 Å². The normalized spacial score (nSPS) is 15.7. The van der Waals surface area contributed by atoms with Crippen molar-refractivity contribution in [1.29, 1.82) is 0 Å². The molecule has 0 spiro atoms. The van der Waals surface area contributed by atoms with Gasteiger partial charge in [-0.1, -0.05) is 72.5 Å². The van der Waals surface area contributed by atoms with Gasteiger partial charge in [0.1, 0.15) is 12.4 Å². The van der Waals surface area contributed by atoms with Crippen LogP contribution in [-0.2, 0) is 4.79 Å². The van der Waals surface area contributed by atoms with E-state index in [1.54, 1.807) is 36.4 Å². The molecule has 3 rings (SSSR count). The number of ether oxygens (including phenoxy) is 1. The van der Waals surface area contributed by atoms with Crippen LogP contribution in [0.3, 0.4) is 0 Å². The van der Waals surface area contributed by atoms with Crippen molar-refractivity contribution in [3.8, 4) is 5.75 Å². The Morgan fingerprint density at radius 3 is 2.80 bits per heavy atom. The molecular formula is C19H14ClNO2S2. The van der Waals surface area contributed by atoms with E-state index >= 15 is 0 Å². The molecule has 2 aromatic carbocycles. The van der Waals surface area contributed by atoms with Crippen LogP contribution in [0, 0.1) is 0 Å². The van der Waals surface area contributed by atoms with Gasteiger partial charge in [0, 0.05) is 10.6 Å². The van der Waals surface area contributed by atoms with Gasteiger partial charge in [0.05, 0.1) is 10.6 Å². The van der Waals surface area contributed by atoms with E-state index in [-0.39, 0.29) is 5.91 Å². The number of thioether (sulfide) groups is 1. The number of nitrogens with zero attached hydrogens (tertiary/aromatic N) is 1. The van der Waals surface area contributed by atoms with Gasteiger partial charge < -0.3 is 4.74 Å². The summed E-state index contributed by atoms with van der Waals surface area (Å²) in [6, 6.07) is 14.6.